The fourth-order valence-electron chi connectivity index (χ4n) is 2.02. The number of aryl methyl sites for hydroxylation is 2. The zero-order valence-corrected chi connectivity index (χ0v) is 11.6. The van der Waals surface area contributed by atoms with E-state index in [9.17, 15) is 14.9 Å². The molecule has 0 saturated heterocycles. The first-order valence-electron chi connectivity index (χ1n) is 6.24. The first kappa shape index (κ1) is 14.5. The molecule has 2 rings (SSSR count). The lowest BCUT2D eigenvalue weighted by Gasteiger charge is -2.11. The molecule has 2 aromatic rings. The average molecular weight is 286 g/mol. The summed E-state index contributed by atoms with van der Waals surface area (Å²) >= 11 is 0. The Hall–Kier alpha value is -2.89. The van der Waals surface area contributed by atoms with Crippen molar-refractivity contribution in [1.82, 2.24) is 0 Å². The zero-order chi connectivity index (χ0) is 15.6. The van der Waals surface area contributed by atoms with Crippen LogP contribution in [0.4, 0.5) is 17.1 Å². The lowest BCUT2D eigenvalue weighted by molar-refractivity contribution is -0.383. The van der Waals surface area contributed by atoms with Crippen molar-refractivity contribution >= 4 is 23.0 Å². The van der Waals surface area contributed by atoms with Gasteiger partial charge >= 0.3 is 5.97 Å². The van der Waals surface area contributed by atoms with Gasteiger partial charge in [-0.2, -0.15) is 0 Å². The Balaban J connectivity index is 2.44. The van der Waals surface area contributed by atoms with Gasteiger partial charge in [0.25, 0.3) is 5.69 Å². The molecule has 108 valence electrons. The van der Waals surface area contributed by atoms with E-state index >= 15 is 0 Å². The van der Waals surface area contributed by atoms with Crippen LogP contribution in [0.15, 0.2) is 36.4 Å². The van der Waals surface area contributed by atoms with Crippen molar-refractivity contribution in [2.45, 2.75) is 13.8 Å². The van der Waals surface area contributed by atoms with Crippen molar-refractivity contribution in [1.29, 1.82) is 0 Å². The maximum atomic E-state index is 11.1. The highest BCUT2D eigenvalue weighted by atomic mass is 16.6. The maximum absolute atomic E-state index is 11.1. The van der Waals surface area contributed by atoms with Crippen LogP contribution in [0.5, 0.6) is 0 Å². The molecule has 0 spiro atoms. The minimum atomic E-state index is -1.20. The van der Waals surface area contributed by atoms with Gasteiger partial charge in [-0.3, -0.25) is 10.1 Å². The predicted molar refractivity (Wildman–Crippen MR) is 79.3 cm³/mol. The predicted octanol–water partition coefficient (Wildman–Crippen LogP) is 3.65. The highest BCUT2D eigenvalue weighted by Crippen LogP contribution is 2.30. The number of nitrogens with zero attached hydrogens (tertiary/aromatic N) is 1. The van der Waals surface area contributed by atoms with Crippen LogP contribution >= 0.6 is 0 Å². The maximum Gasteiger partial charge on any atom is 0.335 e. The van der Waals surface area contributed by atoms with Crippen LogP contribution in [0, 0.1) is 24.0 Å². The lowest BCUT2D eigenvalue weighted by Crippen LogP contribution is -2.02. The van der Waals surface area contributed by atoms with Crippen LogP contribution in [0.3, 0.4) is 0 Å². The van der Waals surface area contributed by atoms with Gasteiger partial charge in [-0.1, -0.05) is 17.7 Å². The second-order valence-electron chi connectivity index (χ2n) is 4.74. The average Bonchev–Trinajstić information content (AvgIpc) is 2.41. The largest absolute Gasteiger partial charge is 0.478 e. The molecule has 0 atom stereocenters. The summed E-state index contributed by atoms with van der Waals surface area (Å²) in [5.74, 6) is -1.20. The minimum absolute atomic E-state index is 0.118. The lowest BCUT2D eigenvalue weighted by atomic mass is 10.1. The first-order valence-corrected chi connectivity index (χ1v) is 6.24. The normalized spacial score (nSPS) is 10.2. The van der Waals surface area contributed by atoms with E-state index in [1.807, 2.05) is 32.0 Å². The number of aromatic carboxylic acids is 1. The molecule has 2 N–H and O–H groups in total. The van der Waals surface area contributed by atoms with Crippen molar-refractivity contribution in [3.05, 3.63) is 63.2 Å². The summed E-state index contributed by atoms with van der Waals surface area (Å²) in [5, 5.41) is 23.0. The quantitative estimate of drug-likeness (QED) is 0.661. The Morgan fingerprint density at radius 2 is 1.81 bits per heavy atom. The van der Waals surface area contributed by atoms with Crippen molar-refractivity contribution in [3.63, 3.8) is 0 Å². The van der Waals surface area contributed by atoms with Gasteiger partial charge in [-0.25, -0.2) is 4.79 Å². The molecule has 0 radical (unpaired) electrons. The number of carboxylic acid groups (broad SMARTS) is 1. The topological polar surface area (TPSA) is 92.5 Å². The highest BCUT2D eigenvalue weighted by Gasteiger charge is 2.17. The number of nitro benzene ring substituents is 1. The molecular weight excluding hydrogens is 272 g/mol. The third-order valence-corrected chi connectivity index (χ3v) is 3.09. The van der Waals surface area contributed by atoms with Gasteiger partial charge in [0.1, 0.15) is 5.69 Å². The number of hydrogen-bond donors (Lipinski definition) is 2. The summed E-state index contributed by atoms with van der Waals surface area (Å²) in [5.41, 5.74) is 2.66. The van der Waals surface area contributed by atoms with E-state index < -0.39 is 10.9 Å². The number of nitro groups is 1. The van der Waals surface area contributed by atoms with Crippen LogP contribution in [0.1, 0.15) is 21.5 Å². The molecule has 2 aromatic carbocycles. The number of hydrogen-bond acceptors (Lipinski definition) is 4. The molecule has 0 unspecified atom stereocenters. The molecule has 0 heterocycles. The second-order valence-corrected chi connectivity index (χ2v) is 4.74. The Kier molecular flexibility index (Phi) is 3.89. The van der Waals surface area contributed by atoms with Gasteiger partial charge in [0, 0.05) is 11.8 Å². The van der Waals surface area contributed by atoms with Crippen molar-refractivity contribution in [3.8, 4) is 0 Å². The fourth-order valence-corrected chi connectivity index (χ4v) is 2.02. The molecule has 0 aliphatic heterocycles. The minimum Gasteiger partial charge on any atom is -0.478 e. The standard InChI is InChI=1S/C15H14N2O4/c1-9-3-5-12(10(2)7-9)16-13-6-4-11(15(18)19)8-14(13)17(20)21/h3-8,16H,1-2H3,(H,18,19). The molecule has 0 aromatic heterocycles. The Morgan fingerprint density at radius 3 is 2.38 bits per heavy atom. The highest BCUT2D eigenvalue weighted by molar-refractivity contribution is 5.90. The fraction of sp³-hybridized carbons (Fsp3) is 0.133. The molecule has 0 amide bonds. The van der Waals surface area contributed by atoms with Gasteiger partial charge in [-0.05, 0) is 37.6 Å². The van der Waals surface area contributed by atoms with Crippen LogP contribution in [-0.2, 0) is 0 Å². The number of carbonyl (C=O) groups is 1. The zero-order valence-electron chi connectivity index (χ0n) is 11.6. The second kappa shape index (κ2) is 5.62. The van der Waals surface area contributed by atoms with Crippen molar-refractivity contribution < 1.29 is 14.8 Å². The molecule has 6 heteroatoms. The van der Waals surface area contributed by atoms with E-state index in [2.05, 4.69) is 5.32 Å². The summed E-state index contributed by atoms with van der Waals surface area (Å²) in [6.07, 6.45) is 0. The third-order valence-electron chi connectivity index (χ3n) is 3.09. The van der Waals surface area contributed by atoms with Crippen LogP contribution in [0.2, 0.25) is 0 Å². The monoisotopic (exact) mass is 286 g/mol. The van der Waals surface area contributed by atoms with E-state index in [0.29, 0.717) is 0 Å². The van der Waals surface area contributed by atoms with Gasteiger partial charge in [0.2, 0.25) is 0 Å². The van der Waals surface area contributed by atoms with E-state index in [-0.39, 0.29) is 16.9 Å². The number of rotatable bonds is 4. The van der Waals surface area contributed by atoms with Gasteiger partial charge in [0.15, 0.2) is 0 Å². The number of carboxylic acids is 1. The Labute approximate surface area is 121 Å². The van der Waals surface area contributed by atoms with E-state index in [0.717, 1.165) is 22.9 Å². The smallest absolute Gasteiger partial charge is 0.335 e. The van der Waals surface area contributed by atoms with Crippen LogP contribution in [0.25, 0.3) is 0 Å². The number of nitrogens with one attached hydrogen (secondary N) is 1. The molecule has 0 fully saturated rings. The molecule has 0 aliphatic rings. The summed E-state index contributed by atoms with van der Waals surface area (Å²) < 4.78 is 0. The van der Waals surface area contributed by atoms with E-state index in [1.54, 1.807) is 0 Å². The van der Waals surface area contributed by atoms with Crippen molar-refractivity contribution in [2.75, 3.05) is 5.32 Å². The van der Waals surface area contributed by atoms with Crippen LogP contribution < -0.4 is 5.32 Å². The summed E-state index contributed by atoms with van der Waals surface area (Å²) in [6, 6.07) is 9.47. The van der Waals surface area contributed by atoms with Gasteiger partial charge < -0.3 is 10.4 Å². The molecule has 0 bridgehead atoms. The number of benzene rings is 2. The molecular formula is C15H14N2O4. The molecule has 6 nitrogen and oxygen atoms in total. The SMILES string of the molecule is Cc1ccc(Nc2ccc(C(=O)O)cc2[N+](=O)[O-])c(C)c1. The van der Waals surface area contributed by atoms with Gasteiger partial charge in [0.05, 0.1) is 10.5 Å². The van der Waals surface area contributed by atoms with Gasteiger partial charge in [-0.15, -0.1) is 0 Å². The molecule has 0 saturated carbocycles. The molecule has 21 heavy (non-hydrogen) atoms. The molecule has 0 aliphatic carbocycles. The summed E-state index contributed by atoms with van der Waals surface area (Å²) in [6.45, 7) is 3.85. The third kappa shape index (κ3) is 3.17. The first-order chi connectivity index (χ1) is 9.88. The summed E-state index contributed by atoms with van der Waals surface area (Å²) in [4.78, 5) is 21.4. The van der Waals surface area contributed by atoms with Crippen molar-refractivity contribution in [2.24, 2.45) is 0 Å². The van der Waals surface area contributed by atoms with Crippen LogP contribution in [-0.4, -0.2) is 16.0 Å². The van der Waals surface area contributed by atoms with E-state index in [1.165, 1.54) is 12.1 Å². The Morgan fingerprint density at radius 1 is 1.14 bits per heavy atom. The number of anilines is 2. The summed E-state index contributed by atoms with van der Waals surface area (Å²) in [7, 11) is 0. The Bertz CT molecular complexity index is 726. The van der Waals surface area contributed by atoms with E-state index in [4.69, 9.17) is 5.11 Å².